The first-order valence-corrected chi connectivity index (χ1v) is 9.63. The van der Waals surface area contributed by atoms with Gasteiger partial charge in [-0.05, 0) is 49.9 Å². The van der Waals surface area contributed by atoms with Crippen molar-refractivity contribution in [1.29, 1.82) is 0 Å². The maximum Gasteiger partial charge on any atom is 0.0793 e. The van der Waals surface area contributed by atoms with Crippen molar-refractivity contribution in [2.75, 3.05) is 42.5 Å². The summed E-state index contributed by atoms with van der Waals surface area (Å²) in [4.78, 5) is 7.81. The van der Waals surface area contributed by atoms with Crippen LogP contribution in [0.15, 0.2) is 48.5 Å². The smallest absolute Gasteiger partial charge is 0.0793 e. The van der Waals surface area contributed by atoms with Crippen molar-refractivity contribution in [2.45, 2.75) is 32.9 Å². The zero-order valence-electron chi connectivity index (χ0n) is 15.5. The van der Waals surface area contributed by atoms with Gasteiger partial charge in [-0.15, -0.1) is 0 Å². The molecule has 1 saturated heterocycles. The molecule has 0 amide bonds. The Morgan fingerprint density at radius 3 is 2.24 bits per heavy atom. The summed E-state index contributed by atoms with van der Waals surface area (Å²) in [6, 6.07) is 17.7. The Morgan fingerprint density at radius 2 is 1.48 bits per heavy atom. The molecule has 3 heteroatoms. The fraction of sp³-hybridized carbons (Fsp3) is 0.455. The quantitative estimate of drug-likeness (QED) is 0.842. The molecular weight excluding hydrogens is 306 g/mol. The van der Waals surface area contributed by atoms with Crippen molar-refractivity contribution in [3.05, 3.63) is 59.7 Å². The summed E-state index contributed by atoms with van der Waals surface area (Å²) in [5, 5.41) is 0. The van der Waals surface area contributed by atoms with Crippen molar-refractivity contribution >= 4 is 11.4 Å². The zero-order valence-corrected chi connectivity index (χ0v) is 15.5. The molecule has 2 aliphatic rings. The lowest BCUT2D eigenvalue weighted by molar-refractivity contribution is 0.189. The number of rotatable bonds is 3. The van der Waals surface area contributed by atoms with Gasteiger partial charge in [0.2, 0.25) is 0 Å². The van der Waals surface area contributed by atoms with Crippen LogP contribution < -0.4 is 9.80 Å². The molecule has 2 heterocycles. The number of nitrogens with zero attached hydrogens (tertiary/aromatic N) is 3. The van der Waals surface area contributed by atoms with Crippen LogP contribution in [0.5, 0.6) is 0 Å². The van der Waals surface area contributed by atoms with E-state index in [1.165, 1.54) is 41.9 Å². The van der Waals surface area contributed by atoms with Crippen molar-refractivity contribution in [1.82, 2.24) is 4.90 Å². The number of aryl methyl sites for hydroxylation is 2. The summed E-state index contributed by atoms with van der Waals surface area (Å²) in [5.41, 5.74) is 5.74. The molecule has 0 spiro atoms. The minimum atomic E-state index is 0.473. The molecule has 2 aromatic rings. The highest BCUT2D eigenvalue weighted by molar-refractivity contribution is 5.56. The third-order valence-electron chi connectivity index (χ3n) is 5.90. The van der Waals surface area contributed by atoms with Crippen LogP contribution in [0.4, 0.5) is 11.4 Å². The number of piperazine rings is 1. The second kappa shape index (κ2) is 7.09. The third kappa shape index (κ3) is 3.25. The van der Waals surface area contributed by atoms with Gasteiger partial charge in [0.1, 0.15) is 0 Å². The molecule has 0 N–H and O–H groups in total. The lowest BCUT2D eigenvalue weighted by Crippen LogP contribution is -2.56. The number of hydrogen-bond donors (Lipinski definition) is 0. The van der Waals surface area contributed by atoms with Crippen molar-refractivity contribution in [3.8, 4) is 0 Å². The topological polar surface area (TPSA) is 9.72 Å². The largest absolute Gasteiger partial charge is 0.369 e. The molecule has 0 radical (unpaired) electrons. The molecule has 1 fully saturated rings. The molecule has 2 aliphatic heterocycles. The normalized spacial score (nSPS) is 19.6. The third-order valence-corrected chi connectivity index (χ3v) is 5.90. The first-order chi connectivity index (χ1) is 12.2. The van der Waals surface area contributed by atoms with Crippen LogP contribution in [0.2, 0.25) is 0 Å². The first-order valence-electron chi connectivity index (χ1n) is 9.63. The highest BCUT2D eigenvalue weighted by Gasteiger charge is 2.28. The molecule has 2 aromatic carbocycles. The van der Waals surface area contributed by atoms with E-state index >= 15 is 0 Å². The second-order valence-corrected chi connectivity index (χ2v) is 7.37. The molecule has 132 valence electrons. The summed E-state index contributed by atoms with van der Waals surface area (Å²) in [6.07, 6.45) is 2.96. The number of benzene rings is 2. The SMILES string of the molecule is Cc1ccccc1N1CCN(C(C)N2CCCc3ccccc32)CC1. The zero-order chi connectivity index (χ0) is 17.2. The molecule has 25 heavy (non-hydrogen) atoms. The minimum Gasteiger partial charge on any atom is -0.369 e. The maximum absolute atomic E-state index is 2.65. The first kappa shape index (κ1) is 16.5. The van der Waals surface area contributed by atoms with Gasteiger partial charge in [-0.2, -0.15) is 0 Å². The van der Waals surface area contributed by atoms with Gasteiger partial charge in [-0.3, -0.25) is 4.90 Å². The lowest BCUT2D eigenvalue weighted by Gasteiger charge is -2.45. The van der Waals surface area contributed by atoms with E-state index in [9.17, 15) is 0 Å². The molecular formula is C22H29N3. The molecule has 0 saturated carbocycles. The average Bonchev–Trinajstić information content (AvgIpc) is 2.67. The second-order valence-electron chi connectivity index (χ2n) is 7.37. The van der Waals surface area contributed by atoms with Crippen LogP contribution in [-0.4, -0.2) is 43.8 Å². The van der Waals surface area contributed by atoms with E-state index in [-0.39, 0.29) is 0 Å². The van der Waals surface area contributed by atoms with Crippen LogP contribution in [0.1, 0.15) is 24.5 Å². The van der Waals surface area contributed by atoms with Crippen LogP contribution in [0, 0.1) is 6.92 Å². The van der Waals surface area contributed by atoms with Gasteiger partial charge in [0.05, 0.1) is 6.17 Å². The van der Waals surface area contributed by atoms with E-state index in [1.807, 2.05) is 0 Å². The van der Waals surface area contributed by atoms with Gasteiger partial charge in [0.15, 0.2) is 0 Å². The fourth-order valence-electron chi connectivity index (χ4n) is 4.40. The number of hydrogen-bond acceptors (Lipinski definition) is 3. The maximum atomic E-state index is 2.65. The van der Waals surface area contributed by atoms with E-state index < -0.39 is 0 Å². The Balaban J connectivity index is 1.44. The Morgan fingerprint density at radius 1 is 0.800 bits per heavy atom. The number of anilines is 2. The number of fused-ring (bicyclic) bond motifs is 1. The van der Waals surface area contributed by atoms with Crippen LogP contribution in [0.3, 0.4) is 0 Å². The van der Waals surface area contributed by atoms with E-state index in [4.69, 9.17) is 0 Å². The van der Waals surface area contributed by atoms with Gasteiger partial charge >= 0.3 is 0 Å². The Labute approximate surface area is 151 Å². The van der Waals surface area contributed by atoms with E-state index in [0.29, 0.717) is 6.17 Å². The fourth-order valence-corrected chi connectivity index (χ4v) is 4.40. The summed E-state index contributed by atoms with van der Waals surface area (Å²) < 4.78 is 0. The van der Waals surface area contributed by atoms with Crippen molar-refractivity contribution in [3.63, 3.8) is 0 Å². The molecule has 0 aliphatic carbocycles. The van der Waals surface area contributed by atoms with Gasteiger partial charge in [-0.1, -0.05) is 36.4 Å². The highest BCUT2D eigenvalue weighted by atomic mass is 15.4. The number of para-hydroxylation sites is 2. The Kier molecular flexibility index (Phi) is 4.67. The predicted octanol–water partition coefficient (Wildman–Crippen LogP) is 3.92. The minimum absolute atomic E-state index is 0.473. The van der Waals surface area contributed by atoms with Gasteiger partial charge in [-0.25, -0.2) is 0 Å². The molecule has 1 unspecified atom stereocenters. The van der Waals surface area contributed by atoms with Crippen LogP contribution in [-0.2, 0) is 6.42 Å². The molecule has 1 atom stereocenters. The van der Waals surface area contributed by atoms with Gasteiger partial charge < -0.3 is 9.80 Å². The van der Waals surface area contributed by atoms with Crippen molar-refractivity contribution < 1.29 is 0 Å². The van der Waals surface area contributed by atoms with Crippen molar-refractivity contribution in [2.24, 2.45) is 0 Å². The average molecular weight is 335 g/mol. The van der Waals surface area contributed by atoms with E-state index in [0.717, 1.165) is 26.2 Å². The standard InChI is InChI=1S/C22H29N3/c1-18-8-3-5-11-21(18)24-16-14-23(15-17-24)19(2)25-13-7-10-20-9-4-6-12-22(20)25/h3-6,8-9,11-12,19H,7,10,13-17H2,1-2H3. The highest BCUT2D eigenvalue weighted by Crippen LogP contribution is 2.30. The monoisotopic (exact) mass is 335 g/mol. The molecule has 4 rings (SSSR count). The summed E-state index contributed by atoms with van der Waals surface area (Å²) in [6.45, 7) is 10.3. The molecule has 0 bridgehead atoms. The Hall–Kier alpha value is -2.00. The molecule has 3 nitrogen and oxygen atoms in total. The molecule has 0 aromatic heterocycles. The summed E-state index contributed by atoms with van der Waals surface area (Å²) >= 11 is 0. The van der Waals surface area contributed by atoms with E-state index in [1.54, 1.807) is 0 Å². The van der Waals surface area contributed by atoms with Crippen LogP contribution in [0.25, 0.3) is 0 Å². The van der Waals surface area contributed by atoms with Crippen LogP contribution >= 0.6 is 0 Å². The van der Waals surface area contributed by atoms with Gasteiger partial charge in [0, 0.05) is 44.1 Å². The predicted molar refractivity (Wildman–Crippen MR) is 107 cm³/mol. The summed E-state index contributed by atoms with van der Waals surface area (Å²) in [5.74, 6) is 0. The Bertz CT molecular complexity index is 719. The summed E-state index contributed by atoms with van der Waals surface area (Å²) in [7, 11) is 0. The lowest BCUT2D eigenvalue weighted by atomic mass is 10.0. The van der Waals surface area contributed by atoms with E-state index in [2.05, 4.69) is 77.1 Å². The van der Waals surface area contributed by atoms with Gasteiger partial charge in [0.25, 0.3) is 0 Å².